The number of hydrogen-bond donors (Lipinski definition) is 1. The van der Waals surface area contributed by atoms with Gasteiger partial charge in [0, 0.05) is 29.5 Å². The average molecular weight is 418 g/mol. The lowest BCUT2D eigenvalue weighted by atomic mass is 10.0. The molecule has 0 radical (unpaired) electrons. The molecule has 0 aliphatic carbocycles. The summed E-state index contributed by atoms with van der Waals surface area (Å²) in [5, 5.41) is 13.0. The quantitative estimate of drug-likeness (QED) is 0.418. The predicted molar refractivity (Wildman–Crippen MR) is 117 cm³/mol. The summed E-state index contributed by atoms with van der Waals surface area (Å²) in [6, 6.07) is 16.5. The molecule has 8 heteroatoms. The van der Waals surface area contributed by atoms with Gasteiger partial charge in [0.05, 0.1) is 17.0 Å². The predicted octanol–water partition coefficient (Wildman–Crippen LogP) is 4.74. The van der Waals surface area contributed by atoms with E-state index in [4.69, 9.17) is 5.10 Å². The molecule has 0 aliphatic rings. The average Bonchev–Trinajstić information content (AvgIpc) is 3.41. The maximum Gasteiger partial charge on any atom is 0.236 e. The van der Waals surface area contributed by atoms with E-state index in [2.05, 4.69) is 39.6 Å². The molecule has 0 bridgehead atoms. The lowest BCUT2D eigenvalue weighted by Crippen LogP contribution is -2.13. The van der Waals surface area contributed by atoms with E-state index >= 15 is 0 Å². The molecule has 2 aromatic carbocycles. The fraction of sp³-hybridized carbons (Fsp3) is 0.0476. The van der Waals surface area contributed by atoms with Crippen LogP contribution in [0, 0.1) is 0 Å². The van der Waals surface area contributed by atoms with Crippen molar-refractivity contribution in [3.05, 3.63) is 72.5 Å². The summed E-state index contributed by atoms with van der Waals surface area (Å²) in [7, 11) is 0. The molecular weight excluding hydrogens is 402 g/mol. The number of thiazole rings is 1. The molecule has 0 aliphatic heterocycles. The third-order valence-corrected chi connectivity index (χ3v) is 6.12. The monoisotopic (exact) mass is 417 g/mol. The van der Waals surface area contributed by atoms with Crippen molar-refractivity contribution < 1.29 is 4.79 Å². The van der Waals surface area contributed by atoms with Crippen molar-refractivity contribution >= 4 is 50.4 Å². The number of nitrogens with one attached hydrogen (secondary N) is 1. The van der Waals surface area contributed by atoms with Crippen molar-refractivity contribution in [1.82, 2.24) is 19.6 Å². The van der Waals surface area contributed by atoms with Crippen LogP contribution in [0.5, 0.6) is 0 Å². The SMILES string of the molecule is O=C(CSc1nccn2nc(-c3cccc4ccccc34)cc12)Nc1nccs1. The van der Waals surface area contributed by atoms with Gasteiger partial charge in [-0.2, -0.15) is 5.10 Å². The van der Waals surface area contributed by atoms with E-state index < -0.39 is 0 Å². The van der Waals surface area contributed by atoms with Gasteiger partial charge in [0.15, 0.2) is 5.13 Å². The molecule has 5 aromatic rings. The van der Waals surface area contributed by atoms with Crippen molar-refractivity contribution in [3.8, 4) is 11.3 Å². The van der Waals surface area contributed by atoms with Crippen LogP contribution in [-0.2, 0) is 4.79 Å². The molecule has 0 atom stereocenters. The Bertz CT molecular complexity index is 1310. The van der Waals surface area contributed by atoms with E-state index in [1.54, 1.807) is 12.4 Å². The molecule has 3 heterocycles. The summed E-state index contributed by atoms with van der Waals surface area (Å²) in [6.45, 7) is 0. The van der Waals surface area contributed by atoms with Crippen LogP contribution in [0.1, 0.15) is 0 Å². The van der Waals surface area contributed by atoms with Gasteiger partial charge in [0.1, 0.15) is 5.03 Å². The van der Waals surface area contributed by atoms with Gasteiger partial charge in [0.2, 0.25) is 5.91 Å². The third-order valence-electron chi connectivity index (χ3n) is 4.44. The van der Waals surface area contributed by atoms with Crippen LogP contribution >= 0.6 is 23.1 Å². The van der Waals surface area contributed by atoms with Crippen LogP contribution in [0.2, 0.25) is 0 Å². The molecule has 142 valence electrons. The molecule has 29 heavy (non-hydrogen) atoms. The highest BCUT2D eigenvalue weighted by atomic mass is 32.2. The zero-order valence-corrected chi connectivity index (χ0v) is 16.8. The first-order valence-electron chi connectivity index (χ1n) is 8.92. The van der Waals surface area contributed by atoms with Gasteiger partial charge in [-0.25, -0.2) is 14.5 Å². The zero-order chi connectivity index (χ0) is 19.6. The number of aromatic nitrogens is 4. The van der Waals surface area contributed by atoms with E-state index in [1.165, 1.54) is 28.5 Å². The van der Waals surface area contributed by atoms with E-state index in [1.807, 2.05) is 40.4 Å². The van der Waals surface area contributed by atoms with Crippen molar-refractivity contribution in [2.24, 2.45) is 0 Å². The first kappa shape index (κ1) is 17.8. The Hall–Kier alpha value is -3.23. The van der Waals surface area contributed by atoms with Crippen molar-refractivity contribution in [1.29, 1.82) is 0 Å². The fourth-order valence-corrected chi connectivity index (χ4v) is 4.48. The minimum atomic E-state index is -0.109. The Kier molecular flexibility index (Phi) is 4.71. The summed E-state index contributed by atoms with van der Waals surface area (Å²) in [4.78, 5) is 20.7. The number of carbonyl (C=O) groups excluding carboxylic acids is 1. The fourth-order valence-electron chi connectivity index (χ4n) is 3.16. The smallest absolute Gasteiger partial charge is 0.236 e. The Balaban J connectivity index is 1.44. The van der Waals surface area contributed by atoms with Gasteiger partial charge in [-0.05, 0) is 16.8 Å². The van der Waals surface area contributed by atoms with E-state index in [0.29, 0.717) is 5.13 Å². The Morgan fingerprint density at radius 3 is 2.90 bits per heavy atom. The van der Waals surface area contributed by atoms with Gasteiger partial charge in [-0.3, -0.25) is 4.79 Å². The largest absolute Gasteiger partial charge is 0.301 e. The highest BCUT2D eigenvalue weighted by molar-refractivity contribution is 8.00. The van der Waals surface area contributed by atoms with Crippen LogP contribution in [0.25, 0.3) is 27.5 Å². The molecule has 3 aromatic heterocycles. The Morgan fingerprint density at radius 1 is 1.10 bits per heavy atom. The Labute approximate surface area is 174 Å². The first-order valence-corrected chi connectivity index (χ1v) is 10.8. The number of rotatable bonds is 5. The normalized spacial score (nSPS) is 11.2. The maximum atomic E-state index is 12.2. The molecule has 1 amide bonds. The lowest BCUT2D eigenvalue weighted by Gasteiger charge is -2.03. The van der Waals surface area contributed by atoms with Crippen molar-refractivity contribution in [2.45, 2.75) is 5.03 Å². The maximum absolute atomic E-state index is 12.2. The van der Waals surface area contributed by atoms with Crippen LogP contribution in [0.3, 0.4) is 0 Å². The first-order chi connectivity index (χ1) is 14.3. The minimum Gasteiger partial charge on any atom is -0.301 e. The summed E-state index contributed by atoms with van der Waals surface area (Å²) in [5.41, 5.74) is 2.83. The van der Waals surface area contributed by atoms with Crippen molar-refractivity contribution in [2.75, 3.05) is 11.1 Å². The van der Waals surface area contributed by atoms with Gasteiger partial charge < -0.3 is 5.32 Å². The second-order valence-corrected chi connectivity index (χ2v) is 8.15. The molecular formula is C21H15N5OS2. The number of fused-ring (bicyclic) bond motifs is 2. The van der Waals surface area contributed by atoms with Gasteiger partial charge in [0.25, 0.3) is 0 Å². The summed E-state index contributed by atoms with van der Waals surface area (Å²) < 4.78 is 1.81. The zero-order valence-electron chi connectivity index (χ0n) is 15.1. The van der Waals surface area contributed by atoms with E-state index in [0.717, 1.165) is 27.2 Å². The van der Waals surface area contributed by atoms with Crippen molar-refractivity contribution in [3.63, 3.8) is 0 Å². The van der Waals surface area contributed by atoms with Crippen LogP contribution in [0.15, 0.2) is 77.5 Å². The van der Waals surface area contributed by atoms with Crippen LogP contribution in [-0.4, -0.2) is 31.2 Å². The van der Waals surface area contributed by atoms with E-state index in [-0.39, 0.29) is 11.7 Å². The number of amides is 1. The summed E-state index contributed by atoms with van der Waals surface area (Å²) >= 11 is 2.78. The number of benzene rings is 2. The molecule has 0 saturated heterocycles. The van der Waals surface area contributed by atoms with Gasteiger partial charge >= 0.3 is 0 Å². The van der Waals surface area contributed by atoms with Crippen LogP contribution < -0.4 is 5.32 Å². The molecule has 1 N–H and O–H groups in total. The van der Waals surface area contributed by atoms with E-state index in [9.17, 15) is 4.79 Å². The third kappa shape index (κ3) is 3.59. The van der Waals surface area contributed by atoms with Crippen LogP contribution in [0.4, 0.5) is 5.13 Å². The second kappa shape index (κ2) is 7.65. The molecule has 0 fully saturated rings. The number of nitrogens with zero attached hydrogens (tertiary/aromatic N) is 4. The highest BCUT2D eigenvalue weighted by Gasteiger charge is 2.13. The minimum absolute atomic E-state index is 0.109. The Morgan fingerprint density at radius 2 is 2.00 bits per heavy atom. The molecule has 5 rings (SSSR count). The number of anilines is 1. The lowest BCUT2D eigenvalue weighted by molar-refractivity contribution is -0.113. The standard InChI is InChI=1S/C21H15N5OS2/c27-19(24-21-23-9-11-28-21)13-29-20-18-12-17(25-26(18)10-8-22-20)16-7-3-5-14-4-1-2-6-15(14)16/h1-12H,13H2,(H,23,24,27). The molecule has 0 unspecified atom stereocenters. The highest BCUT2D eigenvalue weighted by Crippen LogP contribution is 2.30. The summed E-state index contributed by atoms with van der Waals surface area (Å²) in [6.07, 6.45) is 5.19. The van der Waals surface area contributed by atoms with Gasteiger partial charge in [-0.1, -0.05) is 54.2 Å². The van der Waals surface area contributed by atoms with Gasteiger partial charge in [-0.15, -0.1) is 11.3 Å². The molecule has 0 spiro atoms. The summed E-state index contributed by atoms with van der Waals surface area (Å²) in [5.74, 6) is 0.142. The molecule has 0 saturated carbocycles. The molecule has 6 nitrogen and oxygen atoms in total. The number of hydrogen-bond acceptors (Lipinski definition) is 6. The second-order valence-electron chi connectivity index (χ2n) is 6.29. The topological polar surface area (TPSA) is 72.2 Å². The number of carbonyl (C=O) groups is 1. The number of thioether (sulfide) groups is 1.